The Hall–Kier alpha value is -3.50. The summed E-state index contributed by atoms with van der Waals surface area (Å²) in [6, 6.07) is 4.31. The topological polar surface area (TPSA) is 128 Å². The largest absolute Gasteiger partial charge is 0.381 e. The number of nitrogen functional groups attached to an aromatic ring is 1. The Bertz CT molecular complexity index is 1130. The van der Waals surface area contributed by atoms with Crippen molar-refractivity contribution in [2.75, 3.05) is 23.8 Å². The van der Waals surface area contributed by atoms with E-state index in [-0.39, 0.29) is 5.82 Å². The van der Waals surface area contributed by atoms with Crippen LogP contribution in [0.5, 0.6) is 0 Å². The lowest BCUT2D eigenvalue weighted by Gasteiger charge is -2.27. The van der Waals surface area contributed by atoms with E-state index < -0.39 is 0 Å². The van der Waals surface area contributed by atoms with Gasteiger partial charge < -0.3 is 15.5 Å². The molecule has 0 spiro atoms. The molecule has 0 atom stereocenters. The molecule has 1 saturated heterocycles. The van der Waals surface area contributed by atoms with Gasteiger partial charge in [0.15, 0.2) is 11.6 Å². The van der Waals surface area contributed by atoms with Gasteiger partial charge in [0.2, 0.25) is 0 Å². The summed E-state index contributed by atoms with van der Waals surface area (Å²) >= 11 is 0. The summed E-state index contributed by atoms with van der Waals surface area (Å²) in [5, 5.41) is 9.17. The smallest absolute Gasteiger partial charge is 0.186 e. The van der Waals surface area contributed by atoms with Crippen molar-refractivity contribution in [3.8, 4) is 11.3 Å². The molecule has 0 bridgehead atoms. The van der Waals surface area contributed by atoms with Crippen LogP contribution in [0.15, 0.2) is 49.3 Å². The molecule has 10 nitrogen and oxygen atoms in total. The van der Waals surface area contributed by atoms with Crippen LogP contribution in [0.25, 0.3) is 16.9 Å². The molecule has 28 heavy (non-hydrogen) atoms. The van der Waals surface area contributed by atoms with Crippen LogP contribution in [-0.4, -0.2) is 42.2 Å². The number of nitrogens with one attached hydrogen (secondary N) is 1. The van der Waals surface area contributed by atoms with Crippen molar-refractivity contribution in [3.63, 3.8) is 0 Å². The number of pyridine rings is 1. The Morgan fingerprint density at radius 3 is 2.89 bits per heavy atom. The van der Waals surface area contributed by atoms with Crippen molar-refractivity contribution in [2.45, 2.75) is 12.6 Å². The number of nitrogens with two attached hydrogens (primary N) is 2. The second-order valence-corrected chi connectivity index (χ2v) is 6.84. The van der Waals surface area contributed by atoms with Crippen LogP contribution in [0.3, 0.4) is 0 Å². The molecule has 10 heteroatoms. The van der Waals surface area contributed by atoms with Crippen LogP contribution >= 0.6 is 0 Å². The van der Waals surface area contributed by atoms with Gasteiger partial charge in [-0.3, -0.25) is 9.69 Å². The zero-order chi connectivity index (χ0) is 19.1. The predicted octanol–water partition coefficient (Wildman–Crippen LogP) is 0.595. The molecule has 0 aromatic carbocycles. The Balaban J connectivity index is 1.40. The van der Waals surface area contributed by atoms with Crippen LogP contribution in [0.2, 0.25) is 0 Å². The Morgan fingerprint density at radius 2 is 2.07 bits per heavy atom. The van der Waals surface area contributed by atoms with Gasteiger partial charge in [0, 0.05) is 43.4 Å². The van der Waals surface area contributed by atoms with Gasteiger partial charge in [-0.2, -0.15) is 5.10 Å². The monoisotopic (exact) mass is 376 g/mol. The summed E-state index contributed by atoms with van der Waals surface area (Å²) in [6.45, 7) is 2.29. The van der Waals surface area contributed by atoms with Gasteiger partial charge in [0.25, 0.3) is 0 Å². The molecule has 0 radical (unpaired) electrons. The number of imidazole rings is 1. The molecule has 5 rings (SSSR count). The normalized spacial score (nSPS) is 14.3. The van der Waals surface area contributed by atoms with Crippen LogP contribution in [0, 0.1) is 0 Å². The van der Waals surface area contributed by atoms with Gasteiger partial charge in [0.05, 0.1) is 30.7 Å². The Labute approximate surface area is 160 Å². The second-order valence-electron chi connectivity index (χ2n) is 6.84. The molecule has 0 amide bonds. The highest BCUT2D eigenvalue weighted by Gasteiger charge is 2.20. The maximum Gasteiger partial charge on any atom is 0.186 e. The van der Waals surface area contributed by atoms with Gasteiger partial charge in [-0.1, -0.05) is 6.07 Å². The summed E-state index contributed by atoms with van der Waals surface area (Å²) < 4.78 is 3.89. The number of rotatable bonds is 5. The zero-order valence-corrected chi connectivity index (χ0v) is 15.1. The molecule has 0 aliphatic carbocycles. The third kappa shape index (κ3) is 2.94. The number of fused-ring (bicyclic) bond motifs is 1. The summed E-state index contributed by atoms with van der Waals surface area (Å²) in [4.78, 5) is 13.2. The first-order valence-corrected chi connectivity index (χ1v) is 8.99. The van der Waals surface area contributed by atoms with E-state index in [9.17, 15) is 0 Å². The summed E-state index contributed by atoms with van der Waals surface area (Å²) in [7, 11) is 0. The van der Waals surface area contributed by atoms with E-state index in [1.807, 2.05) is 39.8 Å². The minimum Gasteiger partial charge on any atom is -0.381 e. The first-order valence-electron chi connectivity index (χ1n) is 8.99. The molecule has 4 aromatic heterocycles. The molecule has 0 saturated carbocycles. The summed E-state index contributed by atoms with van der Waals surface area (Å²) in [5.74, 6) is 6.99. The highest BCUT2D eigenvalue weighted by molar-refractivity contribution is 5.65. The zero-order valence-electron chi connectivity index (χ0n) is 15.1. The number of aromatic nitrogens is 6. The van der Waals surface area contributed by atoms with Gasteiger partial charge >= 0.3 is 0 Å². The van der Waals surface area contributed by atoms with Crippen LogP contribution in [0.1, 0.15) is 11.6 Å². The van der Waals surface area contributed by atoms with Crippen molar-refractivity contribution < 1.29 is 0 Å². The molecule has 142 valence electrons. The molecular formula is C18H20N10. The minimum absolute atomic E-state index is 0.283. The lowest BCUT2D eigenvalue weighted by atomic mass is 10.2. The van der Waals surface area contributed by atoms with E-state index >= 15 is 0 Å². The van der Waals surface area contributed by atoms with Gasteiger partial charge in [-0.05, 0) is 11.6 Å². The third-order valence-electron chi connectivity index (χ3n) is 4.89. The minimum atomic E-state index is 0.283. The second kappa shape index (κ2) is 6.59. The standard InChI is InChI=1S/C18H20N10/c19-17-18(27(20)10-12-1-2-16-22-3-4-26(16)9-12)25-15(8-23-17)13-5-24-28(11-13)14-6-21-7-14/h1-5,8-9,11,14,21H,6-7,10,20H2,(H2,19,23). The number of anilines is 2. The fourth-order valence-electron chi connectivity index (χ4n) is 3.20. The molecule has 1 aliphatic rings. The van der Waals surface area contributed by atoms with Gasteiger partial charge in [-0.25, -0.2) is 20.8 Å². The number of nitrogens with zero attached hydrogens (tertiary/aromatic N) is 7. The van der Waals surface area contributed by atoms with Gasteiger partial charge in [-0.15, -0.1) is 0 Å². The van der Waals surface area contributed by atoms with E-state index in [2.05, 4.69) is 25.4 Å². The van der Waals surface area contributed by atoms with E-state index in [1.54, 1.807) is 18.6 Å². The first kappa shape index (κ1) is 16.7. The number of hydrazine groups is 1. The van der Waals surface area contributed by atoms with E-state index in [4.69, 9.17) is 11.6 Å². The summed E-state index contributed by atoms with van der Waals surface area (Å²) in [5.41, 5.74) is 9.49. The van der Waals surface area contributed by atoms with Crippen molar-refractivity contribution in [3.05, 3.63) is 54.9 Å². The fourth-order valence-corrected chi connectivity index (χ4v) is 3.20. The maximum atomic E-state index is 6.28. The molecule has 4 aromatic rings. The van der Waals surface area contributed by atoms with Crippen LogP contribution < -0.4 is 21.9 Å². The number of hydrogen-bond acceptors (Lipinski definition) is 8. The van der Waals surface area contributed by atoms with Crippen molar-refractivity contribution in [1.29, 1.82) is 0 Å². The summed E-state index contributed by atoms with van der Waals surface area (Å²) in [6.07, 6.45) is 11.0. The average Bonchev–Trinajstić information content (AvgIpc) is 3.30. The highest BCUT2D eigenvalue weighted by atomic mass is 15.4. The highest BCUT2D eigenvalue weighted by Crippen LogP contribution is 2.24. The van der Waals surface area contributed by atoms with Crippen LogP contribution in [0.4, 0.5) is 11.6 Å². The molecule has 5 N–H and O–H groups in total. The van der Waals surface area contributed by atoms with E-state index in [1.165, 1.54) is 5.01 Å². The molecule has 1 aliphatic heterocycles. The van der Waals surface area contributed by atoms with Crippen molar-refractivity contribution in [1.82, 2.24) is 34.4 Å². The SMILES string of the molecule is Nc1ncc(-c2cnn(C3CNC3)c2)nc1N(N)Cc1ccc2nccn2c1. The molecular weight excluding hydrogens is 356 g/mol. The van der Waals surface area contributed by atoms with Crippen molar-refractivity contribution in [2.24, 2.45) is 5.84 Å². The molecule has 1 fully saturated rings. The lowest BCUT2D eigenvalue weighted by molar-refractivity contribution is 0.318. The predicted molar refractivity (Wildman–Crippen MR) is 105 cm³/mol. The Morgan fingerprint density at radius 1 is 1.18 bits per heavy atom. The van der Waals surface area contributed by atoms with Crippen molar-refractivity contribution >= 4 is 17.3 Å². The fraction of sp³-hybridized carbons (Fsp3) is 0.222. The number of hydrogen-bond donors (Lipinski definition) is 3. The maximum absolute atomic E-state index is 6.28. The third-order valence-corrected chi connectivity index (χ3v) is 4.89. The molecule has 0 unspecified atom stereocenters. The average molecular weight is 376 g/mol. The quantitative estimate of drug-likeness (QED) is 0.341. The van der Waals surface area contributed by atoms with Gasteiger partial charge in [0.1, 0.15) is 5.65 Å². The van der Waals surface area contributed by atoms with E-state index in [0.717, 1.165) is 29.9 Å². The van der Waals surface area contributed by atoms with E-state index in [0.29, 0.717) is 24.1 Å². The molecule has 5 heterocycles. The Kier molecular flexibility index (Phi) is 3.92. The lowest BCUT2D eigenvalue weighted by Crippen LogP contribution is -2.43. The van der Waals surface area contributed by atoms with Crippen LogP contribution in [-0.2, 0) is 6.54 Å². The first-order chi connectivity index (χ1) is 13.7.